The molecule has 0 spiro atoms. The quantitative estimate of drug-likeness (QED) is 0.0416. The Labute approximate surface area is 636 Å². The molecule has 0 amide bonds. The van der Waals surface area contributed by atoms with E-state index in [-0.39, 0.29) is 11.8 Å². The SMILES string of the molecule is CCCCCCCC(c1ccc(N(c2ccccc2)c2ccc(-c3ccc(N(c4ccccc4)c4ccccc4)cc3)cc2)cc1)C1(C(CCCCCCC)c2ccc(N(c3ccccc3)c3ccc(-c4ccc(N(c5ccccc5)c5ccccc5)cc4)cc3)cc2)c2cc(C)ccc2-c2ccc(C)cc21. The van der Waals surface area contributed by atoms with Crippen LogP contribution in [0.4, 0.5) is 68.2 Å². The van der Waals surface area contributed by atoms with Crippen molar-refractivity contribution in [1.82, 2.24) is 0 Å². The van der Waals surface area contributed by atoms with E-state index in [9.17, 15) is 0 Å². The molecule has 0 bridgehead atoms. The molecule has 0 saturated carbocycles. The van der Waals surface area contributed by atoms with Gasteiger partial charge in [-0.1, -0.05) is 308 Å². The number of aryl methyl sites for hydroxylation is 2. The van der Waals surface area contributed by atoms with Gasteiger partial charge in [-0.05, 0) is 240 Å². The normalized spacial score (nSPS) is 12.6. The maximum absolute atomic E-state index is 2.61. The Morgan fingerprint density at radius 3 is 0.673 bits per heavy atom. The zero-order chi connectivity index (χ0) is 72.7. The van der Waals surface area contributed by atoms with E-state index in [1.807, 2.05) is 0 Å². The van der Waals surface area contributed by atoms with Crippen LogP contribution in [0.3, 0.4) is 0 Å². The summed E-state index contributed by atoms with van der Waals surface area (Å²) >= 11 is 0. The number of unbranched alkanes of at least 4 members (excludes halogenated alkanes) is 8. The predicted octanol–water partition coefficient (Wildman–Crippen LogP) is 30.1. The van der Waals surface area contributed by atoms with Crippen LogP contribution >= 0.6 is 0 Å². The summed E-state index contributed by atoms with van der Waals surface area (Å²) in [6.45, 7) is 9.33. The zero-order valence-electron chi connectivity index (χ0n) is 62.6. The highest BCUT2D eigenvalue weighted by atomic mass is 15.2. The number of hydrogen-bond acceptors (Lipinski definition) is 4. The molecule has 4 heteroatoms. The second-order valence-corrected chi connectivity index (χ2v) is 29.2. The molecule has 0 aromatic heterocycles. The minimum absolute atomic E-state index is 0.146. The molecule has 0 fully saturated rings. The maximum atomic E-state index is 2.61. The standard InChI is InChI=1S/C103H98N4/c1-5-7-9-11-31-45-99(83-57-69-95(70-58-83)106(89-41-27-17-28-42-89)93-65-53-81(54-66-93)79-49-61-91(62-50-79)104(85-33-19-13-20-34-85)86-35-21-14-22-36-86)103(101-75-77(3)47-73-97(101)98-74-48-78(4)76-102(98)103)100(46-32-12-10-8-6-2)84-59-71-96(72-60-84)107(90-43-29-18-30-44-90)94-67-55-82(56-68-94)80-51-63-92(64-52-80)105(87-37-23-15-24-38-87)88-39-25-16-26-40-88/h13-30,33-44,47-76,99-100H,5-12,31-32,45-46H2,1-4H3. The lowest BCUT2D eigenvalue weighted by molar-refractivity contribution is 0.301. The summed E-state index contributed by atoms with van der Waals surface area (Å²) in [4.78, 5) is 9.52. The summed E-state index contributed by atoms with van der Waals surface area (Å²) < 4.78 is 0. The Morgan fingerprint density at radius 2 is 0.439 bits per heavy atom. The van der Waals surface area contributed by atoms with E-state index in [1.54, 1.807) is 0 Å². The molecule has 0 aliphatic heterocycles. The van der Waals surface area contributed by atoms with Crippen molar-refractivity contribution in [1.29, 1.82) is 0 Å². The summed E-state index contributed by atoms with van der Waals surface area (Å²) in [5.41, 5.74) is 28.9. The Hall–Kier alpha value is -11.7. The van der Waals surface area contributed by atoms with Gasteiger partial charge in [0.05, 0.1) is 0 Å². The Morgan fingerprint density at radius 1 is 0.224 bits per heavy atom. The minimum atomic E-state index is -0.412. The summed E-state index contributed by atoms with van der Waals surface area (Å²) in [6, 6.07) is 136. The van der Waals surface area contributed by atoms with Crippen molar-refractivity contribution in [2.24, 2.45) is 0 Å². The lowest BCUT2D eigenvalue weighted by Crippen LogP contribution is -2.40. The molecule has 1 aliphatic rings. The minimum Gasteiger partial charge on any atom is -0.311 e. The second kappa shape index (κ2) is 33.6. The molecule has 107 heavy (non-hydrogen) atoms. The maximum Gasteiger partial charge on any atom is 0.0462 e. The van der Waals surface area contributed by atoms with E-state index < -0.39 is 5.41 Å². The summed E-state index contributed by atoms with van der Waals surface area (Å²) in [5.74, 6) is 0.292. The first-order chi connectivity index (χ1) is 52.8. The van der Waals surface area contributed by atoms with Crippen molar-refractivity contribution >= 4 is 68.2 Å². The van der Waals surface area contributed by atoms with Crippen LogP contribution < -0.4 is 19.6 Å². The predicted molar refractivity (Wildman–Crippen MR) is 457 cm³/mol. The van der Waals surface area contributed by atoms with Gasteiger partial charge in [-0.2, -0.15) is 0 Å². The first-order valence-electron chi connectivity index (χ1n) is 39.2. The average molecular weight is 1390 g/mol. The van der Waals surface area contributed by atoms with Gasteiger partial charge in [-0.15, -0.1) is 0 Å². The third-order valence-electron chi connectivity index (χ3n) is 22.2. The Balaban J connectivity index is 0.803. The fourth-order valence-electron chi connectivity index (χ4n) is 17.0. The van der Waals surface area contributed by atoms with Gasteiger partial charge in [-0.3, -0.25) is 0 Å². The van der Waals surface area contributed by atoms with Crippen LogP contribution in [-0.4, -0.2) is 0 Å². The van der Waals surface area contributed by atoms with E-state index >= 15 is 0 Å². The monoisotopic (exact) mass is 1390 g/mol. The van der Waals surface area contributed by atoms with Gasteiger partial charge in [0.25, 0.3) is 0 Å². The van der Waals surface area contributed by atoms with Gasteiger partial charge >= 0.3 is 0 Å². The van der Waals surface area contributed by atoms with Crippen LogP contribution in [0.2, 0.25) is 0 Å². The van der Waals surface area contributed by atoms with Crippen LogP contribution in [0.25, 0.3) is 33.4 Å². The van der Waals surface area contributed by atoms with Gasteiger partial charge in [0.1, 0.15) is 0 Å². The molecule has 2 atom stereocenters. The fraction of sp³-hybridized carbons (Fsp3) is 0.184. The topological polar surface area (TPSA) is 13.0 Å². The molecule has 4 nitrogen and oxygen atoms in total. The van der Waals surface area contributed by atoms with Gasteiger partial charge in [0.2, 0.25) is 0 Å². The lowest BCUT2D eigenvalue weighted by Gasteiger charge is -2.47. The van der Waals surface area contributed by atoms with Gasteiger partial charge < -0.3 is 19.6 Å². The van der Waals surface area contributed by atoms with Crippen LogP contribution in [0.1, 0.15) is 136 Å². The van der Waals surface area contributed by atoms with Gasteiger partial charge in [0.15, 0.2) is 0 Å². The smallest absolute Gasteiger partial charge is 0.0462 e. The van der Waals surface area contributed by atoms with Crippen molar-refractivity contribution in [3.8, 4) is 33.4 Å². The van der Waals surface area contributed by atoms with Crippen LogP contribution in [0.15, 0.2) is 364 Å². The molecule has 0 radical (unpaired) electrons. The van der Waals surface area contributed by atoms with E-state index in [1.165, 1.54) is 118 Å². The van der Waals surface area contributed by atoms with Crippen molar-refractivity contribution in [3.05, 3.63) is 397 Å². The first-order valence-corrected chi connectivity index (χ1v) is 39.2. The Bertz CT molecular complexity index is 4700. The number of para-hydroxylation sites is 6. The lowest BCUT2D eigenvalue weighted by atomic mass is 9.55. The highest BCUT2D eigenvalue weighted by molar-refractivity contribution is 5.86. The molecule has 14 aromatic carbocycles. The fourth-order valence-corrected chi connectivity index (χ4v) is 17.0. The van der Waals surface area contributed by atoms with E-state index in [4.69, 9.17) is 0 Å². The molecular formula is C103H98N4. The molecule has 1 aliphatic carbocycles. The van der Waals surface area contributed by atoms with Crippen molar-refractivity contribution in [2.45, 2.75) is 122 Å². The number of rotatable bonds is 30. The third-order valence-corrected chi connectivity index (χ3v) is 22.2. The molecule has 2 unspecified atom stereocenters. The molecule has 15 rings (SSSR count). The van der Waals surface area contributed by atoms with Crippen LogP contribution in [-0.2, 0) is 5.41 Å². The van der Waals surface area contributed by atoms with Crippen LogP contribution in [0.5, 0.6) is 0 Å². The highest BCUT2D eigenvalue weighted by Gasteiger charge is 2.54. The summed E-state index contributed by atoms with van der Waals surface area (Å²) in [6.07, 6.45) is 14.3. The average Bonchev–Trinajstić information content (AvgIpc) is 1.54. The molecule has 0 saturated heterocycles. The van der Waals surface area contributed by atoms with Gasteiger partial charge in [0, 0.05) is 73.7 Å². The molecule has 0 heterocycles. The number of fused-ring (bicyclic) bond motifs is 3. The summed E-state index contributed by atoms with van der Waals surface area (Å²) in [7, 11) is 0. The van der Waals surface area contributed by atoms with Gasteiger partial charge in [-0.25, -0.2) is 0 Å². The van der Waals surface area contributed by atoms with Crippen LogP contribution in [0, 0.1) is 13.8 Å². The largest absolute Gasteiger partial charge is 0.311 e. The molecule has 14 aromatic rings. The Kier molecular flexibility index (Phi) is 22.3. The molecule has 0 N–H and O–H groups in total. The van der Waals surface area contributed by atoms with Crippen molar-refractivity contribution < 1.29 is 0 Å². The first kappa shape index (κ1) is 70.9. The molecule has 530 valence electrons. The number of nitrogens with zero attached hydrogens (tertiary/aromatic N) is 4. The van der Waals surface area contributed by atoms with E-state index in [0.29, 0.717) is 0 Å². The third kappa shape index (κ3) is 15.4. The van der Waals surface area contributed by atoms with Crippen molar-refractivity contribution in [3.63, 3.8) is 0 Å². The number of hydrogen-bond donors (Lipinski definition) is 0. The number of anilines is 12. The van der Waals surface area contributed by atoms with E-state index in [0.717, 1.165) is 93.9 Å². The zero-order valence-corrected chi connectivity index (χ0v) is 62.6. The number of benzene rings is 14. The highest BCUT2D eigenvalue weighted by Crippen LogP contribution is 2.65. The summed E-state index contributed by atoms with van der Waals surface area (Å²) in [5, 5.41) is 0. The van der Waals surface area contributed by atoms with Crippen molar-refractivity contribution in [2.75, 3.05) is 19.6 Å². The molecular weight excluding hydrogens is 1290 g/mol. The van der Waals surface area contributed by atoms with E-state index in [2.05, 4.69) is 411 Å². The second-order valence-electron chi connectivity index (χ2n) is 29.2.